The molecule has 0 saturated carbocycles. The van der Waals surface area contributed by atoms with Gasteiger partial charge in [0.15, 0.2) is 0 Å². The van der Waals surface area contributed by atoms with E-state index in [0.29, 0.717) is 0 Å². The minimum atomic E-state index is 0.793. The fourth-order valence-corrected chi connectivity index (χ4v) is 3.89. The SMILES string of the molecule is Brc1cccc2c1CC(N1CCCCC1)CC2. The molecule has 1 saturated heterocycles. The predicted molar refractivity (Wildman–Crippen MR) is 75.4 cm³/mol. The standard InChI is InChI=1S/C15H20BrN/c16-15-6-4-5-12-7-8-13(11-14(12)15)17-9-2-1-3-10-17/h4-6,13H,1-3,7-11H2. The number of hydrogen-bond donors (Lipinski definition) is 0. The van der Waals surface area contributed by atoms with Crippen LogP contribution in [0.5, 0.6) is 0 Å². The largest absolute Gasteiger partial charge is 0.300 e. The molecule has 1 aromatic rings. The van der Waals surface area contributed by atoms with Gasteiger partial charge in [0.2, 0.25) is 0 Å². The summed E-state index contributed by atoms with van der Waals surface area (Å²) in [4.78, 5) is 2.73. The van der Waals surface area contributed by atoms with E-state index in [9.17, 15) is 0 Å². The maximum Gasteiger partial charge on any atom is 0.0210 e. The van der Waals surface area contributed by atoms with Gasteiger partial charge in [0.25, 0.3) is 0 Å². The van der Waals surface area contributed by atoms with Crippen molar-refractivity contribution < 1.29 is 0 Å². The Bertz CT molecular complexity index is 396. The first kappa shape index (κ1) is 11.7. The molecule has 0 amide bonds. The Balaban J connectivity index is 1.77. The van der Waals surface area contributed by atoms with Crippen LogP contribution in [0.1, 0.15) is 36.8 Å². The van der Waals surface area contributed by atoms with E-state index >= 15 is 0 Å². The molecule has 0 radical (unpaired) electrons. The molecule has 1 heterocycles. The van der Waals surface area contributed by atoms with E-state index < -0.39 is 0 Å². The Morgan fingerprint density at radius 2 is 1.94 bits per heavy atom. The molecule has 1 atom stereocenters. The van der Waals surface area contributed by atoms with Crippen molar-refractivity contribution in [2.75, 3.05) is 13.1 Å². The van der Waals surface area contributed by atoms with Crippen LogP contribution >= 0.6 is 15.9 Å². The summed E-state index contributed by atoms with van der Waals surface area (Å²) in [6, 6.07) is 7.45. The molecule has 1 aliphatic carbocycles. The molecule has 1 aliphatic heterocycles. The molecule has 1 unspecified atom stereocenters. The van der Waals surface area contributed by atoms with Crippen LogP contribution in [0.15, 0.2) is 22.7 Å². The summed E-state index contributed by atoms with van der Waals surface area (Å²) in [7, 11) is 0. The van der Waals surface area contributed by atoms with E-state index in [4.69, 9.17) is 0 Å². The fourth-order valence-electron chi connectivity index (χ4n) is 3.32. The number of halogens is 1. The van der Waals surface area contributed by atoms with Crippen molar-refractivity contribution in [2.24, 2.45) is 0 Å². The number of aryl methyl sites for hydroxylation is 1. The summed E-state index contributed by atoms with van der Waals surface area (Å²) in [5, 5.41) is 0. The lowest BCUT2D eigenvalue weighted by Crippen LogP contribution is -2.42. The van der Waals surface area contributed by atoms with Crippen LogP contribution < -0.4 is 0 Å². The maximum atomic E-state index is 3.71. The van der Waals surface area contributed by atoms with Gasteiger partial charge in [-0.15, -0.1) is 0 Å². The second-order valence-corrected chi connectivity index (χ2v) is 6.23. The van der Waals surface area contributed by atoms with Crippen LogP contribution in [0.25, 0.3) is 0 Å². The van der Waals surface area contributed by atoms with Gasteiger partial charge >= 0.3 is 0 Å². The van der Waals surface area contributed by atoms with Gasteiger partial charge in [-0.05, 0) is 62.4 Å². The van der Waals surface area contributed by atoms with Crippen molar-refractivity contribution in [1.29, 1.82) is 0 Å². The van der Waals surface area contributed by atoms with Gasteiger partial charge < -0.3 is 4.90 Å². The monoisotopic (exact) mass is 293 g/mol. The van der Waals surface area contributed by atoms with Crippen LogP contribution in [-0.2, 0) is 12.8 Å². The van der Waals surface area contributed by atoms with Gasteiger partial charge in [0, 0.05) is 10.5 Å². The fraction of sp³-hybridized carbons (Fsp3) is 0.600. The first-order valence-corrected chi connectivity index (χ1v) is 7.64. The van der Waals surface area contributed by atoms with E-state index in [1.165, 1.54) is 56.1 Å². The number of fused-ring (bicyclic) bond motifs is 1. The predicted octanol–water partition coefficient (Wildman–Crippen LogP) is 3.79. The maximum absolute atomic E-state index is 3.71. The minimum absolute atomic E-state index is 0.793. The molecule has 2 aliphatic rings. The first-order valence-electron chi connectivity index (χ1n) is 6.85. The highest BCUT2D eigenvalue weighted by atomic mass is 79.9. The molecule has 0 bridgehead atoms. The van der Waals surface area contributed by atoms with Gasteiger partial charge in [-0.1, -0.05) is 34.5 Å². The van der Waals surface area contributed by atoms with Crippen molar-refractivity contribution in [3.05, 3.63) is 33.8 Å². The molecule has 17 heavy (non-hydrogen) atoms. The van der Waals surface area contributed by atoms with E-state index in [1.54, 1.807) is 11.1 Å². The Kier molecular flexibility index (Phi) is 3.53. The average molecular weight is 294 g/mol. The summed E-state index contributed by atoms with van der Waals surface area (Å²) in [6.45, 7) is 2.65. The van der Waals surface area contributed by atoms with Gasteiger partial charge in [0.05, 0.1) is 0 Å². The van der Waals surface area contributed by atoms with Crippen molar-refractivity contribution in [3.63, 3.8) is 0 Å². The van der Waals surface area contributed by atoms with Crippen LogP contribution in [0.3, 0.4) is 0 Å². The third-order valence-electron chi connectivity index (χ3n) is 4.31. The zero-order valence-electron chi connectivity index (χ0n) is 10.3. The third-order valence-corrected chi connectivity index (χ3v) is 5.05. The summed E-state index contributed by atoms with van der Waals surface area (Å²) in [5.74, 6) is 0. The summed E-state index contributed by atoms with van der Waals surface area (Å²) < 4.78 is 1.32. The molecule has 1 nitrogen and oxygen atoms in total. The normalized spacial score (nSPS) is 25.6. The molecule has 0 aromatic heterocycles. The summed E-state index contributed by atoms with van der Waals surface area (Å²) in [6.07, 6.45) is 8.10. The quantitative estimate of drug-likeness (QED) is 0.761. The van der Waals surface area contributed by atoms with Crippen molar-refractivity contribution in [1.82, 2.24) is 4.90 Å². The van der Waals surface area contributed by atoms with Crippen molar-refractivity contribution in [2.45, 2.75) is 44.6 Å². The number of piperidine rings is 1. The van der Waals surface area contributed by atoms with E-state index in [2.05, 4.69) is 39.0 Å². The summed E-state index contributed by atoms with van der Waals surface area (Å²) >= 11 is 3.71. The van der Waals surface area contributed by atoms with Gasteiger partial charge in [0.1, 0.15) is 0 Å². The molecule has 1 aromatic carbocycles. The van der Waals surface area contributed by atoms with Crippen molar-refractivity contribution in [3.8, 4) is 0 Å². The molecule has 92 valence electrons. The topological polar surface area (TPSA) is 3.24 Å². The Morgan fingerprint density at radius 3 is 2.76 bits per heavy atom. The van der Waals surface area contributed by atoms with Crippen LogP contribution in [0, 0.1) is 0 Å². The van der Waals surface area contributed by atoms with E-state index in [1.807, 2.05) is 0 Å². The summed E-state index contributed by atoms with van der Waals surface area (Å²) in [5.41, 5.74) is 3.13. The first-order chi connectivity index (χ1) is 8.34. The van der Waals surface area contributed by atoms with Gasteiger partial charge in [-0.3, -0.25) is 0 Å². The molecule has 3 rings (SSSR count). The highest BCUT2D eigenvalue weighted by Gasteiger charge is 2.26. The lowest BCUT2D eigenvalue weighted by molar-refractivity contribution is 0.150. The van der Waals surface area contributed by atoms with Crippen LogP contribution in [0.4, 0.5) is 0 Å². The number of rotatable bonds is 1. The average Bonchev–Trinajstić information content (AvgIpc) is 2.40. The number of hydrogen-bond acceptors (Lipinski definition) is 1. The van der Waals surface area contributed by atoms with Crippen LogP contribution in [0.2, 0.25) is 0 Å². The smallest absolute Gasteiger partial charge is 0.0210 e. The molecular formula is C15H20BrN. The lowest BCUT2D eigenvalue weighted by Gasteiger charge is -2.37. The second-order valence-electron chi connectivity index (χ2n) is 5.37. The Morgan fingerprint density at radius 1 is 1.12 bits per heavy atom. The number of nitrogens with zero attached hydrogens (tertiary/aromatic N) is 1. The van der Waals surface area contributed by atoms with E-state index in [0.717, 1.165) is 6.04 Å². The number of benzene rings is 1. The minimum Gasteiger partial charge on any atom is -0.300 e. The Labute approximate surface area is 112 Å². The van der Waals surface area contributed by atoms with Crippen molar-refractivity contribution >= 4 is 15.9 Å². The second kappa shape index (κ2) is 5.11. The molecular weight excluding hydrogens is 274 g/mol. The highest BCUT2D eigenvalue weighted by molar-refractivity contribution is 9.10. The van der Waals surface area contributed by atoms with E-state index in [-0.39, 0.29) is 0 Å². The molecule has 2 heteroatoms. The zero-order valence-corrected chi connectivity index (χ0v) is 11.9. The number of likely N-dealkylation sites (tertiary alicyclic amines) is 1. The highest BCUT2D eigenvalue weighted by Crippen LogP contribution is 2.31. The van der Waals surface area contributed by atoms with Crippen LogP contribution in [-0.4, -0.2) is 24.0 Å². The molecule has 1 fully saturated rings. The zero-order chi connectivity index (χ0) is 11.7. The van der Waals surface area contributed by atoms with Gasteiger partial charge in [-0.25, -0.2) is 0 Å². The third kappa shape index (κ3) is 2.43. The molecule has 0 spiro atoms. The van der Waals surface area contributed by atoms with Gasteiger partial charge in [-0.2, -0.15) is 0 Å². The lowest BCUT2D eigenvalue weighted by atomic mass is 9.87. The molecule has 0 N–H and O–H groups in total. The Hall–Kier alpha value is -0.340.